The Morgan fingerprint density at radius 2 is 2.00 bits per heavy atom. The van der Waals surface area contributed by atoms with Gasteiger partial charge in [-0.3, -0.25) is 0 Å². The number of hydrogen-bond acceptors (Lipinski definition) is 2. The lowest BCUT2D eigenvalue weighted by atomic mass is 10.2. The number of aryl methyl sites for hydroxylation is 2. The molecular weight excluding hydrogens is 238 g/mol. The number of benzene rings is 1. The van der Waals surface area contributed by atoms with Gasteiger partial charge < -0.3 is 5.32 Å². The van der Waals surface area contributed by atoms with Gasteiger partial charge in [0.25, 0.3) is 0 Å². The zero-order valence-corrected chi connectivity index (χ0v) is 11.0. The van der Waals surface area contributed by atoms with Crippen molar-refractivity contribution in [2.24, 2.45) is 0 Å². The van der Waals surface area contributed by atoms with Crippen LogP contribution in [0.3, 0.4) is 0 Å². The second kappa shape index (κ2) is 4.89. The van der Waals surface area contributed by atoms with E-state index in [1.54, 1.807) is 0 Å². The van der Waals surface area contributed by atoms with E-state index in [0.29, 0.717) is 0 Å². The van der Waals surface area contributed by atoms with E-state index in [2.05, 4.69) is 37.4 Å². The van der Waals surface area contributed by atoms with Crippen LogP contribution in [-0.4, -0.2) is 0 Å². The number of hydrogen-bond donors (Lipinski definition) is 1. The Balaban J connectivity index is 2.10. The van der Waals surface area contributed by atoms with Gasteiger partial charge in [-0.15, -0.1) is 11.3 Å². The third-order valence-electron chi connectivity index (χ3n) is 2.46. The molecule has 3 heteroatoms. The zero-order valence-electron chi connectivity index (χ0n) is 9.38. The summed E-state index contributed by atoms with van der Waals surface area (Å²) >= 11 is 7.95. The Bertz CT molecular complexity index is 470. The molecule has 0 bridgehead atoms. The van der Waals surface area contributed by atoms with Gasteiger partial charge in [0.1, 0.15) is 0 Å². The number of halogens is 1. The molecule has 0 spiro atoms. The number of para-hydroxylation sites is 1. The lowest BCUT2D eigenvalue weighted by Crippen LogP contribution is -1.99. The SMILES string of the molecule is Cc1ccc(CNc2c(C)cccc2Cl)s1. The minimum Gasteiger partial charge on any atom is -0.379 e. The molecule has 84 valence electrons. The summed E-state index contributed by atoms with van der Waals surface area (Å²) < 4.78 is 0. The molecule has 0 aliphatic carbocycles. The van der Waals surface area contributed by atoms with Gasteiger partial charge >= 0.3 is 0 Å². The van der Waals surface area contributed by atoms with E-state index in [1.165, 1.54) is 15.3 Å². The zero-order chi connectivity index (χ0) is 11.5. The number of rotatable bonds is 3. The van der Waals surface area contributed by atoms with Crippen LogP contribution in [0.15, 0.2) is 30.3 Å². The lowest BCUT2D eigenvalue weighted by molar-refractivity contribution is 1.18. The molecule has 1 aromatic heterocycles. The van der Waals surface area contributed by atoms with Crippen LogP contribution in [0.5, 0.6) is 0 Å². The molecule has 2 aromatic rings. The fraction of sp³-hybridized carbons (Fsp3) is 0.231. The molecular formula is C13H14ClNS. The van der Waals surface area contributed by atoms with Crippen molar-refractivity contribution in [2.45, 2.75) is 20.4 Å². The highest BCUT2D eigenvalue weighted by atomic mass is 35.5. The molecule has 2 rings (SSSR count). The smallest absolute Gasteiger partial charge is 0.0640 e. The normalized spacial score (nSPS) is 10.4. The second-order valence-electron chi connectivity index (χ2n) is 3.80. The molecule has 0 atom stereocenters. The van der Waals surface area contributed by atoms with Crippen molar-refractivity contribution in [1.82, 2.24) is 0 Å². The molecule has 0 aliphatic heterocycles. The Labute approximate surface area is 105 Å². The van der Waals surface area contributed by atoms with E-state index >= 15 is 0 Å². The fourth-order valence-corrected chi connectivity index (χ4v) is 2.73. The van der Waals surface area contributed by atoms with Crippen LogP contribution in [0, 0.1) is 13.8 Å². The minimum absolute atomic E-state index is 0.785. The maximum absolute atomic E-state index is 6.14. The Kier molecular flexibility index (Phi) is 3.52. The van der Waals surface area contributed by atoms with E-state index in [9.17, 15) is 0 Å². The molecule has 1 heterocycles. The van der Waals surface area contributed by atoms with E-state index < -0.39 is 0 Å². The summed E-state index contributed by atoms with van der Waals surface area (Å²) in [5.41, 5.74) is 2.22. The Morgan fingerprint density at radius 3 is 2.62 bits per heavy atom. The molecule has 0 saturated carbocycles. The first-order valence-corrected chi connectivity index (χ1v) is 6.40. The van der Waals surface area contributed by atoms with E-state index in [0.717, 1.165) is 17.3 Å². The number of thiophene rings is 1. The minimum atomic E-state index is 0.785. The molecule has 1 aromatic carbocycles. The number of anilines is 1. The highest BCUT2D eigenvalue weighted by Crippen LogP contribution is 2.26. The van der Waals surface area contributed by atoms with Gasteiger partial charge in [-0.25, -0.2) is 0 Å². The van der Waals surface area contributed by atoms with Crippen LogP contribution in [0.1, 0.15) is 15.3 Å². The maximum Gasteiger partial charge on any atom is 0.0640 e. The quantitative estimate of drug-likeness (QED) is 0.839. The molecule has 0 fully saturated rings. The molecule has 0 amide bonds. The summed E-state index contributed by atoms with van der Waals surface area (Å²) in [4.78, 5) is 2.67. The van der Waals surface area contributed by atoms with Crippen LogP contribution in [0.25, 0.3) is 0 Å². The average Bonchev–Trinajstić information content (AvgIpc) is 2.63. The largest absolute Gasteiger partial charge is 0.379 e. The molecule has 0 aliphatic rings. The van der Waals surface area contributed by atoms with Crippen molar-refractivity contribution in [3.8, 4) is 0 Å². The Morgan fingerprint density at radius 1 is 1.19 bits per heavy atom. The average molecular weight is 252 g/mol. The second-order valence-corrected chi connectivity index (χ2v) is 5.58. The van der Waals surface area contributed by atoms with Gasteiger partial charge in [-0.05, 0) is 37.6 Å². The maximum atomic E-state index is 6.14. The first-order valence-electron chi connectivity index (χ1n) is 5.21. The van der Waals surface area contributed by atoms with Crippen molar-refractivity contribution >= 4 is 28.6 Å². The van der Waals surface area contributed by atoms with Gasteiger partial charge in [-0.2, -0.15) is 0 Å². The monoisotopic (exact) mass is 251 g/mol. The summed E-state index contributed by atoms with van der Waals surface area (Å²) in [6, 6.07) is 10.2. The van der Waals surface area contributed by atoms with Crippen LogP contribution in [-0.2, 0) is 6.54 Å². The van der Waals surface area contributed by atoms with Crippen molar-refractivity contribution in [2.75, 3.05) is 5.32 Å². The first-order chi connectivity index (χ1) is 7.66. The summed E-state index contributed by atoms with van der Waals surface area (Å²) in [6.45, 7) is 5.02. The van der Waals surface area contributed by atoms with Gasteiger partial charge in [0, 0.05) is 16.3 Å². The van der Waals surface area contributed by atoms with Gasteiger partial charge in [0.15, 0.2) is 0 Å². The molecule has 1 nitrogen and oxygen atoms in total. The van der Waals surface area contributed by atoms with Crippen molar-refractivity contribution in [3.05, 3.63) is 50.7 Å². The molecule has 1 N–H and O–H groups in total. The standard InChI is InChI=1S/C13H14ClNS/c1-9-4-3-5-12(14)13(9)15-8-11-7-6-10(2)16-11/h3-7,15H,8H2,1-2H3. The van der Waals surface area contributed by atoms with E-state index in [1.807, 2.05) is 23.5 Å². The van der Waals surface area contributed by atoms with Crippen LogP contribution >= 0.6 is 22.9 Å². The third-order valence-corrected chi connectivity index (χ3v) is 3.77. The molecule has 0 radical (unpaired) electrons. The summed E-state index contributed by atoms with van der Waals surface area (Å²) in [5.74, 6) is 0. The fourth-order valence-electron chi connectivity index (χ4n) is 1.61. The summed E-state index contributed by atoms with van der Waals surface area (Å²) in [5, 5.41) is 4.17. The topological polar surface area (TPSA) is 12.0 Å². The predicted molar refractivity (Wildman–Crippen MR) is 72.6 cm³/mol. The third kappa shape index (κ3) is 2.57. The van der Waals surface area contributed by atoms with E-state index in [-0.39, 0.29) is 0 Å². The summed E-state index contributed by atoms with van der Waals surface area (Å²) in [7, 11) is 0. The lowest BCUT2D eigenvalue weighted by Gasteiger charge is -2.10. The first kappa shape index (κ1) is 11.5. The number of nitrogens with one attached hydrogen (secondary N) is 1. The van der Waals surface area contributed by atoms with Crippen molar-refractivity contribution in [1.29, 1.82) is 0 Å². The molecule has 16 heavy (non-hydrogen) atoms. The highest BCUT2D eigenvalue weighted by Gasteiger charge is 2.03. The van der Waals surface area contributed by atoms with Gasteiger partial charge in [0.05, 0.1) is 10.7 Å². The van der Waals surface area contributed by atoms with Gasteiger partial charge in [-0.1, -0.05) is 23.7 Å². The Hall–Kier alpha value is -0.990. The summed E-state index contributed by atoms with van der Waals surface area (Å²) in [6.07, 6.45) is 0. The van der Waals surface area contributed by atoms with Crippen LogP contribution < -0.4 is 5.32 Å². The predicted octanol–water partition coefficient (Wildman–Crippen LogP) is 4.63. The van der Waals surface area contributed by atoms with E-state index in [4.69, 9.17) is 11.6 Å². The van der Waals surface area contributed by atoms with Crippen LogP contribution in [0.4, 0.5) is 5.69 Å². The van der Waals surface area contributed by atoms with Crippen molar-refractivity contribution in [3.63, 3.8) is 0 Å². The molecule has 0 saturated heterocycles. The van der Waals surface area contributed by atoms with Crippen LogP contribution in [0.2, 0.25) is 5.02 Å². The van der Waals surface area contributed by atoms with Gasteiger partial charge in [0.2, 0.25) is 0 Å². The molecule has 0 unspecified atom stereocenters. The van der Waals surface area contributed by atoms with Crippen molar-refractivity contribution < 1.29 is 0 Å². The highest BCUT2D eigenvalue weighted by molar-refractivity contribution is 7.11.